The van der Waals surface area contributed by atoms with Gasteiger partial charge in [0.25, 0.3) is 0 Å². The molecule has 60 heavy (non-hydrogen) atoms. The Labute approximate surface area is 358 Å². The zero-order valence-electron chi connectivity index (χ0n) is 36.8. The largest absolute Gasteiger partial charge is 0.532 e. The Kier molecular flexibility index (Phi) is 11.8. The summed E-state index contributed by atoms with van der Waals surface area (Å²) in [5.41, 5.74) is 4.76. The Morgan fingerprint density at radius 3 is 1.48 bits per heavy atom. The number of benzene rings is 6. The van der Waals surface area contributed by atoms with Crippen LogP contribution in [0.5, 0.6) is 28.7 Å². The molecule has 1 heterocycles. The second-order valence-corrected chi connectivity index (χ2v) is 21.4. The van der Waals surface area contributed by atoms with Crippen molar-refractivity contribution in [3.05, 3.63) is 149 Å². The summed E-state index contributed by atoms with van der Waals surface area (Å²) in [5.74, 6) is 2.35. The Morgan fingerprint density at radius 2 is 0.967 bits per heavy atom. The van der Waals surface area contributed by atoms with E-state index < -0.39 is 34.0 Å². The van der Waals surface area contributed by atoms with Crippen LogP contribution in [0.1, 0.15) is 116 Å². The van der Waals surface area contributed by atoms with E-state index >= 15 is 0 Å². The molecule has 0 bridgehead atoms. The van der Waals surface area contributed by atoms with Crippen molar-refractivity contribution in [1.82, 2.24) is 0 Å². The molecule has 0 amide bonds. The highest BCUT2D eigenvalue weighted by molar-refractivity contribution is 7.43. The summed E-state index contributed by atoms with van der Waals surface area (Å²) >= 11 is 0. The minimum Gasteiger partial charge on any atom is -0.409 e. The maximum atomic E-state index is 13.7. The van der Waals surface area contributed by atoms with E-state index in [2.05, 4.69) is 107 Å². The molecular formula is C51H56O7P2. The van der Waals surface area contributed by atoms with Gasteiger partial charge in [0.2, 0.25) is 0 Å². The van der Waals surface area contributed by atoms with Crippen molar-refractivity contribution >= 4 is 33.9 Å². The summed E-state index contributed by atoms with van der Waals surface area (Å²) < 4.78 is 40.0. The van der Waals surface area contributed by atoms with E-state index in [0.29, 0.717) is 34.3 Å². The molecular weight excluding hydrogens is 787 g/mol. The zero-order chi connectivity index (χ0) is 43.2. The first-order valence-corrected chi connectivity index (χ1v) is 22.6. The Balaban J connectivity index is 1.49. The molecule has 6 aromatic rings. The molecule has 0 fully saturated rings. The Bertz CT molecular complexity index is 2470. The van der Waals surface area contributed by atoms with Crippen LogP contribution in [-0.4, -0.2) is 5.97 Å². The van der Waals surface area contributed by atoms with Gasteiger partial charge in [-0.1, -0.05) is 162 Å². The minimum atomic E-state index is -2.24. The lowest BCUT2D eigenvalue weighted by Gasteiger charge is -2.33. The zero-order valence-corrected chi connectivity index (χ0v) is 38.6. The van der Waals surface area contributed by atoms with E-state index in [1.807, 2.05) is 91.0 Å². The van der Waals surface area contributed by atoms with Crippen LogP contribution in [0.2, 0.25) is 0 Å². The molecule has 1 aliphatic rings. The Hall–Kier alpha value is -5.09. The van der Waals surface area contributed by atoms with Gasteiger partial charge in [-0.25, -0.2) is 4.79 Å². The molecule has 312 valence electrons. The number of para-hydroxylation sites is 2. The molecule has 0 aliphatic carbocycles. The molecule has 1 atom stereocenters. The topological polar surface area (TPSA) is 72.5 Å². The number of fused-ring (bicyclic) bond motifs is 3. The van der Waals surface area contributed by atoms with Gasteiger partial charge in [-0.15, -0.1) is 0 Å². The quantitative estimate of drug-likeness (QED) is 0.134. The highest BCUT2D eigenvalue weighted by atomic mass is 31.2. The fraction of sp³-hybridized carbons (Fsp3) is 0.314. The van der Waals surface area contributed by atoms with Crippen LogP contribution >= 0.6 is 17.2 Å². The lowest BCUT2D eigenvalue weighted by atomic mass is 9.75. The fourth-order valence-corrected chi connectivity index (χ4v) is 9.01. The van der Waals surface area contributed by atoms with Crippen molar-refractivity contribution in [2.24, 2.45) is 0 Å². The summed E-state index contributed by atoms with van der Waals surface area (Å²) in [6, 6.07) is 39.5. The average Bonchev–Trinajstić information content (AvgIpc) is 3.17. The molecule has 7 nitrogen and oxygen atoms in total. The molecule has 0 saturated heterocycles. The number of hydrogen-bond donors (Lipinski definition) is 0. The molecule has 0 saturated carbocycles. The third-order valence-electron chi connectivity index (χ3n) is 10.4. The molecule has 6 aromatic carbocycles. The third kappa shape index (κ3) is 9.44. The van der Waals surface area contributed by atoms with Crippen molar-refractivity contribution < 1.29 is 31.9 Å². The Morgan fingerprint density at radius 1 is 0.483 bits per heavy atom. The summed E-state index contributed by atoms with van der Waals surface area (Å²) in [6.07, 6.45) is 0. The van der Waals surface area contributed by atoms with Crippen molar-refractivity contribution in [1.29, 1.82) is 0 Å². The first kappa shape index (κ1) is 43.0. The highest BCUT2D eigenvalue weighted by Gasteiger charge is 2.39. The van der Waals surface area contributed by atoms with Crippen molar-refractivity contribution in [3.63, 3.8) is 0 Å². The molecule has 1 unspecified atom stereocenters. The van der Waals surface area contributed by atoms with Gasteiger partial charge in [0, 0.05) is 27.6 Å². The normalized spacial score (nSPS) is 14.6. The van der Waals surface area contributed by atoms with Crippen LogP contribution in [0.3, 0.4) is 0 Å². The predicted octanol–water partition coefficient (Wildman–Crippen LogP) is 15.3. The second-order valence-electron chi connectivity index (χ2n) is 19.4. The molecule has 1 aliphatic heterocycles. The van der Waals surface area contributed by atoms with Gasteiger partial charge >= 0.3 is 23.2 Å². The van der Waals surface area contributed by atoms with Gasteiger partial charge in [-0.2, -0.15) is 0 Å². The molecule has 7 rings (SSSR count). The van der Waals surface area contributed by atoms with E-state index in [1.54, 1.807) is 6.07 Å². The second kappa shape index (κ2) is 16.4. The first-order chi connectivity index (χ1) is 28.2. The molecule has 0 aromatic heterocycles. The lowest BCUT2D eigenvalue weighted by molar-refractivity contribution is 0.0698. The van der Waals surface area contributed by atoms with Crippen LogP contribution in [-0.2, 0) is 26.2 Å². The standard InChI is InChI=1S/C51H56O7P2/c1-48(2,3)34-29-40(45(42(31-34)50(7,8)9)56-59(53-36-22-15-13-16-23-36)54-37-24-17-14-18-25-37)41-30-35(49(4,5)6)32-43(51(10,11)12)46(41)57-60-55-44-38-26-20-19-21-33(38)27-28-39(44)47(52)58-60/h13-32H,1-12H3. The van der Waals surface area contributed by atoms with Crippen molar-refractivity contribution in [3.8, 4) is 39.9 Å². The summed E-state index contributed by atoms with van der Waals surface area (Å²) in [6.45, 7) is 26.3. The highest BCUT2D eigenvalue weighted by Crippen LogP contribution is 2.57. The van der Waals surface area contributed by atoms with Gasteiger partial charge in [0.15, 0.2) is 5.75 Å². The molecule has 0 radical (unpaired) electrons. The van der Waals surface area contributed by atoms with Gasteiger partial charge < -0.3 is 27.1 Å². The fourth-order valence-electron chi connectivity index (χ4n) is 6.92. The smallest absolute Gasteiger partial charge is 0.409 e. The molecule has 0 N–H and O–H groups in total. The van der Waals surface area contributed by atoms with Crippen LogP contribution < -0.4 is 22.6 Å². The van der Waals surface area contributed by atoms with Gasteiger partial charge in [0.05, 0.1) is 0 Å². The van der Waals surface area contributed by atoms with E-state index in [9.17, 15) is 4.79 Å². The third-order valence-corrected chi connectivity index (χ3v) is 12.4. The number of carbonyl (C=O) groups excluding carboxylic acids is 1. The van der Waals surface area contributed by atoms with E-state index in [-0.39, 0.29) is 10.8 Å². The van der Waals surface area contributed by atoms with E-state index in [0.717, 1.165) is 44.2 Å². The van der Waals surface area contributed by atoms with E-state index in [4.69, 9.17) is 27.1 Å². The van der Waals surface area contributed by atoms with Crippen LogP contribution in [0.15, 0.2) is 121 Å². The molecule has 0 spiro atoms. The van der Waals surface area contributed by atoms with Crippen LogP contribution in [0.25, 0.3) is 21.9 Å². The minimum absolute atomic E-state index is 0.245. The molecule has 9 heteroatoms. The average molecular weight is 843 g/mol. The summed E-state index contributed by atoms with van der Waals surface area (Å²) in [5, 5.41) is 1.77. The SMILES string of the molecule is CC(C)(C)c1cc(-c2cc(C(C)(C)C)cc(C(C)(C)C)c2OP2OC(=O)c3ccc4ccccc4c3O2)c(OP(Oc2ccccc2)Oc2ccccc2)c(C(C)(C)C)c1. The summed E-state index contributed by atoms with van der Waals surface area (Å²) in [7, 11) is -4.31. The maximum Gasteiger partial charge on any atom is 0.532 e. The van der Waals surface area contributed by atoms with Gasteiger partial charge in [-0.3, -0.25) is 0 Å². The van der Waals surface area contributed by atoms with Gasteiger partial charge in [0.1, 0.15) is 28.6 Å². The van der Waals surface area contributed by atoms with E-state index in [1.165, 1.54) is 0 Å². The lowest BCUT2D eigenvalue weighted by Crippen LogP contribution is -2.21. The van der Waals surface area contributed by atoms with Gasteiger partial charge in [-0.05, 0) is 80.6 Å². The van der Waals surface area contributed by atoms with Crippen LogP contribution in [0.4, 0.5) is 0 Å². The monoisotopic (exact) mass is 842 g/mol. The van der Waals surface area contributed by atoms with Crippen LogP contribution in [0, 0.1) is 0 Å². The number of carbonyl (C=O) groups is 1. The van der Waals surface area contributed by atoms with Crippen molar-refractivity contribution in [2.45, 2.75) is 105 Å². The maximum absolute atomic E-state index is 13.7. The number of rotatable bonds is 9. The summed E-state index contributed by atoms with van der Waals surface area (Å²) in [4.78, 5) is 13.7. The predicted molar refractivity (Wildman–Crippen MR) is 246 cm³/mol. The number of hydrogen-bond acceptors (Lipinski definition) is 7. The first-order valence-electron chi connectivity index (χ1n) is 20.4. The van der Waals surface area contributed by atoms with Crippen molar-refractivity contribution in [2.75, 3.05) is 0 Å².